The number of aryl methyl sites for hydroxylation is 1. The zero-order chi connectivity index (χ0) is 14.4. The minimum absolute atomic E-state index is 0.0380. The molecule has 2 rings (SSSR count). The minimum Gasteiger partial charge on any atom is -0.381 e. The van der Waals surface area contributed by atoms with E-state index in [1.54, 1.807) is 0 Å². The molecule has 0 radical (unpaired) electrons. The largest absolute Gasteiger partial charge is 0.381 e. The Morgan fingerprint density at radius 2 is 2.00 bits per heavy atom. The maximum Gasteiger partial charge on any atom is 0.237 e. The maximum atomic E-state index is 12.0. The highest BCUT2D eigenvalue weighted by Crippen LogP contribution is 2.17. The predicted molar refractivity (Wildman–Crippen MR) is 79.4 cm³/mol. The van der Waals surface area contributed by atoms with Crippen LogP contribution in [0.5, 0.6) is 0 Å². The summed E-state index contributed by atoms with van der Waals surface area (Å²) in [7, 11) is 0. The second-order valence-electron chi connectivity index (χ2n) is 5.50. The van der Waals surface area contributed by atoms with E-state index in [-0.39, 0.29) is 11.8 Å². The van der Waals surface area contributed by atoms with Crippen molar-refractivity contribution in [2.24, 2.45) is 11.7 Å². The number of hydrogen-bond acceptors (Lipinski definition) is 3. The summed E-state index contributed by atoms with van der Waals surface area (Å²) >= 11 is 0. The van der Waals surface area contributed by atoms with Gasteiger partial charge in [-0.1, -0.05) is 29.8 Å². The smallest absolute Gasteiger partial charge is 0.237 e. The Balaban J connectivity index is 1.72. The first-order valence-electron chi connectivity index (χ1n) is 7.33. The van der Waals surface area contributed by atoms with Gasteiger partial charge >= 0.3 is 0 Å². The molecule has 1 fully saturated rings. The minimum atomic E-state index is -0.406. The molecular weight excluding hydrogens is 252 g/mol. The van der Waals surface area contributed by atoms with E-state index in [1.165, 1.54) is 11.1 Å². The Kier molecular flexibility index (Phi) is 5.56. The van der Waals surface area contributed by atoms with Crippen LogP contribution in [0.3, 0.4) is 0 Å². The summed E-state index contributed by atoms with van der Waals surface area (Å²) in [5.41, 5.74) is 8.51. The van der Waals surface area contributed by atoms with E-state index in [9.17, 15) is 4.79 Å². The van der Waals surface area contributed by atoms with Crippen LogP contribution >= 0.6 is 0 Å². The van der Waals surface area contributed by atoms with Crippen LogP contribution in [-0.2, 0) is 16.0 Å². The van der Waals surface area contributed by atoms with Crippen LogP contribution in [0.4, 0.5) is 0 Å². The van der Waals surface area contributed by atoms with E-state index >= 15 is 0 Å². The molecule has 0 aromatic heterocycles. The topological polar surface area (TPSA) is 64.4 Å². The Bertz CT molecular complexity index is 425. The number of nitrogens with one attached hydrogen (secondary N) is 1. The van der Waals surface area contributed by atoms with Crippen molar-refractivity contribution in [3.63, 3.8) is 0 Å². The molecule has 4 nitrogen and oxygen atoms in total. The van der Waals surface area contributed by atoms with Crippen LogP contribution in [-0.4, -0.2) is 31.7 Å². The number of hydrogen-bond donors (Lipinski definition) is 2. The molecule has 1 unspecified atom stereocenters. The lowest BCUT2D eigenvalue weighted by molar-refractivity contribution is -0.124. The third kappa shape index (κ3) is 4.32. The van der Waals surface area contributed by atoms with Crippen LogP contribution in [0.15, 0.2) is 24.3 Å². The molecule has 3 N–H and O–H groups in total. The van der Waals surface area contributed by atoms with E-state index in [1.807, 2.05) is 0 Å². The fourth-order valence-corrected chi connectivity index (χ4v) is 2.49. The van der Waals surface area contributed by atoms with Crippen molar-refractivity contribution in [2.45, 2.75) is 32.2 Å². The van der Waals surface area contributed by atoms with Gasteiger partial charge in [-0.15, -0.1) is 0 Å². The van der Waals surface area contributed by atoms with E-state index < -0.39 is 6.04 Å². The Hall–Kier alpha value is -1.39. The number of rotatable bonds is 5. The zero-order valence-corrected chi connectivity index (χ0v) is 12.1. The van der Waals surface area contributed by atoms with Gasteiger partial charge in [-0.2, -0.15) is 0 Å². The number of ether oxygens (including phenoxy) is 1. The van der Waals surface area contributed by atoms with Crippen molar-refractivity contribution in [1.82, 2.24) is 5.32 Å². The summed E-state index contributed by atoms with van der Waals surface area (Å²) in [6.07, 6.45) is 2.60. The van der Waals surface area contributed by atoms with Gasteiger partial charge in [0.1, 0.15) is 0 Å². The highest BCUT2D eigenvalue weighted by Gasteiger charge is 2.26. The van der Waals surface area contributed by atoms with Gasteiger partial charge in [0.25, 0.3) is 0 Å². The number of amides is 1. The third-order valence-electron chi connectivity index (χ3n) is 3.91. The first kappa shape index (κ1) is 15.0. The monoisotopic (exact) mass is 276 g/mol. The molecule has 110 valence electrons. The molecule has 1 aromatic rings. The molecule has 1 heterocycles. The van der Waals surface area contributed by atoms with Crippen molar-refractivity contribution in [2.75, 3.05) is 19.8 Å². The normalized spacial score (nSPS) is 17.7. The Morgan fingerprint density at radius 1 is 1.35 bits per heavy atom. The van der Waals surface area contributed by atoms with Gasteiger partial charge in [0, 0.05) is 19.8 Å². The predicted octanol–water partition coefficient (Wildman–Crippen LogP) is 1.41. The molecular formula is C16H24N2O2. The molecule has 1 aliphatic rings. The Labute approximate surface area is 120 Å². The van der Waals surface area contributed by atoms with Gasteiger partial charge in [-0.05, 0) is 37.7 Å². The van der Waals surface area contributed by atoms with Crippen LogP contribution in [0, 0.1) is 12.8 Å². The summed E-state index contributed by atoms with van der Waals surface area (Å²) < 4.78 is 5.29. The van der Waals surface area contributed by atoms with Crippen molar-refractivity contribution < 1.29 is 9.53 Å². The molecule has 1 aliphatic heterocycles. The number of benzene rings is 1. The molecule has 1 saturated heterocycles. The summed E-state index contributed by atoms with van der Waals surface area (Å²) in [4.78, 5) is 12.0. The molecule has 4 heteroatoms. The van der Waals surface area contributed by atoms with E-state index in [0.29, 0.717) is 6.54 Å². The highest BCUT2D eigenvalue weighted by atomic mass is 16.5. The molecule has 1 amide bonds. The average Bonchev–Trinajstić information content (AvgIpc) is 2.49. The van der Waals surface area contributed by atoms with Crippen molar-refractivity contribution in [1.29, 1.82) is 0 Å². The number of carbonyl (C=O) groups is 1. The van der Waals surface area contributed by atoms with Gasteiger partial charge in [0.05, 0.1) is 6.04 Å². The van der Waals surface area contributed by atoms with Crippen LogP contribution in [0.25, 0.3) is 0 Å². The number of nitrogens with two attached hydrogens (primary N) is 1. The molecule has 0 aliphatic carbocycles. The molecule has 0 saturated carbocycles. The molecule has 20 heavy (non-hydrogen) atoms. The van der Waals surface area contributed by atoms with Gasteiger partial charge in [0.15, 0.2) is 0 Å². The first-order valence-corrected chi connectivity index (χ1v) is 7.33. The zero-order valence-electron chi connectivity index (χ0n) is 12.1. The van der Waals surface area contributed by atoms with Crippen LogP contribution in [0.1, 0.15) is 24.0 Å². The number of carbonyl (C=O) groups excluding carboxylic acids is 1. The molecule has 0 bridgehead atoms. The summed E-state index contributed by atoms with van der Waals surface area (Å²) in [5.74, 6) is 0.215. The summed E-state index contributed by atoms with van der Waals surface area (Å²) in [6, 6.07) is 7.97. The van der Waals surface area contributed by atoms with Gasteiger partial charge in [-0.3, -0.25) is 4.79 Å². The van der Waals surface area contributed by atoms with E-state index in [4.69, 9.17) is 10.5 Å². The first-order chi connectivity index (χ1) is 9.66. The van der Waals surface area contributed by atoms with Gasteiger partial charge in [-0.25, -0.2) is 0 Å². The molecule has 0 spiro atoms. The van der Waals surface area contributed by atoms with Gasteiger partial charge in [0.2, 0.25) is 5.91 Å². The quantitative estimate of drug-likeness (QED) is 0.854. The van der Waals surface area contributed by atoms with E-state index in [0.717, 1.165) is 32.5 Å². The third-order valence-corrected chi connectivity index (χ3v) is 3.91. The lowest BCUT2D eigenvalue weighted by Crippen LogP contribution is -2.47. The van der Waals surface area contributed by atoms with Crippen molar-refractivity contribution in [3.8, 4) is 0 Å². The second-order valence-corrected chi connectivity index (χ2v) is 5.50. The van der Waals surface area contributed by atoms with Crippen LogP contribution in [0.2, 0.25) is 0 Å². The second kappa shape index (κ2) is 7.41. The standard InChI is InChI=1S/C16H24N2O2/c1-12-2-4-13(5-3-12)6-9-18-16(19)15(17)14-7-10-20-11-8-14/h2-5,14-15H,6-11,17H2,1H3,(H,18,19). The fraction of sp³-hybridized carbons (Fsp3) is 0.562. The van der Waals surface area contributed by atoms with E-state index in [2.05, 4.69) is 36.5 Å². The fourth-order valence-electron chi connectivity index (χ4n) is 2.49. The summed E-state index contributed by atoms with van der Waals surface area (Å²) in [6.45, 7) is 4.14. The highest BCUT2D eigenvalue weighted by molar-refractivity contribution is 5.81. The van der Waals surface area contributed by atoms with Crippen LogP contribution < -0.4 is 11.1 Å². The molecule has 1 atom stereocenters. The summed E-state index contributed by atoms with van der Waals surface area (Å²) in [5, 5.41) is 2.94. The SMILES string of the molecule is Cc1ccc(CCNC(=O)C(N)C2CCOCC2)cc1. The van der Waals surface area contributed by atoms with Gasteiger partial charge < -0.3 is 15.8 Å². The average molecular weight is 276 g/mol. The Morgan fingerprint density at radius 3 is 2.65 bits per heavy atom. The van der Waals surface area contributed by atoms with Crippen molar-refractivity contribution >= 4 is 5.91 Å². The maximum absolute atomic E-state index is 12.0. The molecule has 1 aromatic carbocycles. The lowest BCUT2D eigenvalue weighted by atomic mass is 9.92. The van der Waals surface area contributed by atoms with Crippen molar-refractivity contribution in [3.05, 3.63) is 35.4 Å². The lowest BCUT2D eigenvalue weighted by Gasteiger charge is -2.26.